The van der Waals surface area contributed by atoms with Crippen LogP contribution >= 0.6 is 11.3 Å². The minimum atomic E-state index is -3.89. The van der Waals surface area contributed by atoms with Gasteiger partial charge in [-0.2, -0.15) is 0 Å². The van der Waals surface area contributed by atoms with E-state index >= 15 is 0 Å². The Labute approximate surface area is 164 Å². The number of aryl methyl sites for hydroxylation is 2. The third-order valence-electron chi connectivity index (χ3n) is 3.95. The zero-order valence-corrected chi connectivity index (χ0v) is 16.5. The number of carbonyl (C=O) groups is 1. The third kappa shape index (κ3) is 3.92. The molecule has 10 heteroatoms. The number of anilines is 1. The molecule has 0 atom stereocenters. The zero-order valence-electron chi connectivity index (χ0n) is 14.9. The molecule has 3 rings (SSSR count). The Morgan fingerprint density at radius 3 is 2.43 bits per heavy atom. The number of rotatable bonds is 5. The van der Waals surface area contributed by atoms with Gasteiger partial charge in [0.1, 0.15) is 4.21 Å². The maximum Gasteiger partial charge on any atom is 0.269 e. The fraction of sp³-hybridized carbons (Fsp3) is 0.111. The van der Waals surface area contributed by atoms with Crippen molar-refractivity contribution in [1.29, 1.82) is 0 Å². The highest BCUT2D eigenvalue weighted by Gasteiger charge is 2.22. The number of sulfone groups is 1. The molecule has 0 fully saturated rings. The Hall–Kier alpha value is -3.11. The molecule has 0 unspecified atom stereocenters. The maximum atomic E-state index is 12.7. The number of benzene rings is 2. The van der Waals surface area contributed by atoms with Gasteiger partial charge in [-0.1, -0.05) is 29.0 Å². The smallest absolute Gasteiger partial charge is 0.269 e. The van der Waals surface area contributed by atoms with E-state index in [2.05, 4.69) is 10.3 Å². The molecule has 0 saturated heterocycles. The van der Waals surface area contributed by atoms with E-state index in [9.17, 15) is 23.3 Å². The highest BCUT2D eigenvalue weighted by Crippen LogP contribution is 2.29. The number of thiazole rings is 1. The largest absolute Gasteiger partial charge is 0.298 e. The van der Waals surface area contributed by atoms with E-state index in [1.54, 1.807) is 6.07 Å². The Kier molecular flexibility index (Phi) is 5.25. The summed E-state index contributed by atoms with van der Waals surface area (Å²) in [6.45, 7) is 3.74. The average molecular weight is 417 g/mol. The first-order valence-corrected chi connectivity index (χ1v) is 10.3. The lowest BCUT2D eigenvalue weighted by Crippen LogP contribution is -2.13. The summed E-state index contributed by atoms with van der Waals surface area (Å²) in [5.74, 6) is -0.383. The molecule has 0 spiro atoms. The van der Waals surface area contributed by atoms with Crippen LogP contribution in [0.3, 0.4) is 0 Å². The van der Waals surface area contributed by atoms with E-state index in [0.29, 0.717) is 5.56 Å². The van der Waals surface area contributed by atoms with Gasteiger partial charge in [-0.05, 0) is 37.6 Å². The number of nitrogens with one attached hydrogen (secondary N) is 1. The number of nitro benzene ring substituents is 1. The van der Waals surface area contributed by atoms with Gasteiger partial charge in [0.25, 0.3) is 11.6 Å². The number of non-ortho nitro benzene ring substituents is 1. The molecule has 144 valence electrons. The van der Waals surface area contributed by atoms with Crippen molar-refractivity contribution in [2.24, 2.45) is 0 Å². The minimum absolute atomic E-state index is 0.0720. The Morgan fingerprint density at radius 2 is 1.82 bits per heavy atom. The van der Waals surface area contributed by atoms with Gasteiger partial charge in [-0.15, -0.1) is 0 Å². The van der Waals surface area contributed by atoms with Gasteiger partial charge in [-0.25, -0.2) is 13.4 Å². The fourth-order valence-electron chi connectivity index (χ4n) is 2.54. The average Bonchev–Trinajstić information content (AvgIpc) is 3.11. The quantitative estimate of drug-likeness (QED) is 0.499. The second kappa shape index (κ2) is 7.49. The summed E-state index contributed by atoms with van der Waals surface area (Å²) < 4.78 is 25.3. The first-order chi connectivity index (χ1) is 13.2. The molecular formula is C18H15N3O5S2. The molecule has 0 aliphatic heterocycles. The van der Waals surface area contributed by atoms with Crippen LogP contribution in [0.25, 0.3) is 0 Å². The number of nitrogens with zero attached hydrogens (tertiary/aromatic N) is 2. The number of aromatic nitrogens is 1. The number of amides is 1. The van der Waals surface area contributed by atoms with Crippen LogP contribution in [0.15, 0.2) is 57.8 Å². The number of hydrogen-bond acceptors (Lipinski definition) is 7. The molecule has 0 aliphatic rings. The standard InChI is InChI=1S/C18H15N3O5S2/c1-11-3-8-15(12(2)9-11)17(22)20-18-19-10-16(27-18)28(25,26)14-6-4-13(5-7-14)21(23)24/h3-10H,1-2H3,(H,19,20,22). The van der Waals surface area contributed by atoms with Crippen molar-refractivity contribution in [3.63, 3.8) is 0 Å². The molecular weight excluding hydrogens is 402 g/mol. The molecule has 1 N–H and O–H groups in total. The van der Waals surface area contributed by atoms with Crippen molar-refractivity contribution < 1.29 is 18.1 Å². The first-order valence-electron chi connectivity index (χ1n) is 8.02. The van der Waals surface area contributed by atoms with Gasteiger partial charge in [-0.3, -0.25) is 20.2 Å². The van der Waals surface area contributed by atoms with Crippen LogP contribution in [-0.2, 0) is 9.84 Å². The second-order valence-electron chi connectivity index (χ2n) is 6.01. The summed E-state index contributed by atoms with van der Waals surface area (Å²) in [6.07, 6.45) is 1.15. The molecule has 1 amide bonds. The van der Waals surface area contributed by atoms with E-state index < -0.39 is 14.8 Å². The van der Waals surface area contributed by atoms with Gasteiger partial charge in [0.05, 0.1) is 16.0 Å². The van der Waals surface area contributed by atoms with Crippen molar-refractivity contribution in [3.8, 4) is 0 Å². The lowest BCUT2D eigenvalue weighted by Gasteiger charge is -2.06. The lowest BCUT2D eigenvalue weighted by atomic mass is 10.1. The predicted octanol–water partition coefficient (Wildman–Crippen LogP) is 3.75. The monoisotopic (exact) mass is 417 g/mol. The number of hydrogen-bond donors (Lipinski definition) is 1. The number of carbonyl (C=O) groups excluding carboxylic acids is 1. The Balaban J connectivity index is 1.82. The van der Waals surface area contributed by atoms with Crippen molar-refractivity contribution in [2.75, 3.05) is 5.32 Å². The van der Waals surface area contributed by atoms with Crippen molar-refractivity contribution in [3.05, 3.63) is 75.5 Å². The van der Waals surface area contributed by atoms with Crippen LogP contribution in [0.5, 0.6) is 0 Å². The summed E-state index contributed by atoms with van der Waals surface area (Å²) >= 11 is 0.812. The van der Waals surface area contributed by atoms with E-state index in [1.165, 1.54) is 12.1 Å². The van der Waals surface area contributed by atoms with E-state index in [0.717, 1.165) is 40.8 Å². The Bertz CT molecular complexity index is 1170. The second-order valence-corrected chi connectivity index (χ2v) is 9.22. The molecule has 1 aromatic heterocycles. The normalized spacial score (nSPS) is 11.2. The summed E-state index contributed by atoms with van der Waals surface area (Å²) in [5, 5.41) is 13.5. The van der Waals surface area contributed by atoms with Crippen LogP contribution in [0.4, 0.5) is 10.8 Å². The molecule has 28 heavy (non-hydrogen) atoms. The van der Waals surface area contributed by atoms with Gasteiger partial charge in [0.2, 0.25) is 9.84 Å². The molecule has 3 aromatic rings. The third-order valence-corrected chi connectivity index (χ3v) is 7.10. The summed E-state index contributed by atoms with van der Waals surface area (Å²) in [7, 11) is -3.89. The van der Waals surface area contributed by atoms with E-state index in [1.807, 2.05) is 26.0 Å². The molecule has 0 saturated carbocycles. The SMILES string of the molecule is Cc1ccc(C(=O)Nc2ncc(S(=O)(=O)c3ccc([N+](=O)[O-])cc3)s2)c(C)c1. The van der Waals surface area contributed by atoms with Crippen LogP contribution in [0, 0.1) is 24.0 Å². The predicted molar refractivity (Wildman–Crippen MR) is 105 cm³/mol. The van der Waals surface area contributed by atoms with Crippen LogP contribution in [-0.4, -0.2) is 24.2 Å². The molecule has 1 heterocycles. The molecule has 8 nitrogen and oxygen atoms in total. The van der Waals surface area contributed by atoms with Crippen molar-refractivity contribution >= 4 is 37.9 Å². The molecule has 0 bridgehead atoms. The van der Waals surface area contributed by atoms with Crippen LogP contribution in [0.1, 0.15) is 21.5 Å². The summed E-state index contributed by atoms with van der Waals surface area (Å²) in [5.41, 5.74) is 2.10. The van der Waals surface area contributed by atoms with Crippen molar-refractivity contribution in [1.82, 2.24) is 4.98 Å². The van der Waals surface area contributed by atoms with Gasteiger partial charge >= 0.3 is 0 Å². The van der Waals surface area contributed by atoms with Crippen molar-refractivity contribution in [2.45, 2.75) is 23.0 Å². The van der Waals surface area contributed by atoms with Crippen LogP contribution < -0.4 is 5.32 Å². The highest BCUT2D eigenvalue weighted by molar-refractivity contribution is 7.93. The van der Waals surface area contributed by atoms with Crippen LogP contribution in [0.2, 0.25) is 0 Å². The summed E-state index contributed by atoms with van der Waals surface area (Å²) in [6, 6.07) is 9.97. The highest BCUT2D eigenvalue weighted by atomic mass is 32.2. The van der Waals surface area contributed by atoms with Gasteiger partial charge in [0.15, 0.2) is 5.13 Å². The first kappa shape index (κ1) is 19.6. The molecule has 0 radical (unpaired) electrons. The topological polar surface area (TPSA) is 119 Å². The van der Waals surface area contributed by atoms with Gasteiger partial charge in [0, 0.05) is 17.7 Å². The fourth-order valence-corrected chi connectivity index (χ4v) is 4.96. The number of nitro groups is 1. The maximum absolute atomic E-state index is 12.7. The zero-order chi connectivity index (χ0) is 20.5. The molecule has 0 aliphatic carbocycles. The molecule has 2 aromatic carbocycles. The minimum Gasteiger partial charge on any atom is -0.298 e. The van der Waals surface area contributed by atoms with E-state index in [4.69, 9.17) is 0 Å². The van der Waals surface area contributed by atoms with Gasteiger partial charge < -0.3 is 0 Å². The Morgan fingerprint density at radius 1 is 1.14 bits per heavy atom. The van der Waals surface area contributed by atoms with E-state index in [-0.39, 0.29) is 25.8 Å². The lowest BCUT2D eigenvalue weighted by molar-refractivity contribution is -0.384. The summed E-state index contributed by atoms with van der Waals surface area (Å²) in [4.78, 5) is 26.4.